The van der Waals surface area contributed by atoms with Crippen LogP contribution in [-0.2, 0) is 11.3 Å². The SMILES string of the molecule is CCOC(=O)c1nnn(Cc2cncc(F)c2)c1C. The summed E-state index contributed by atoms with van der Waals surface area (Å²) >= 11 is 0. The first-order valence-corrected chi connectivity index (χ1v) is 5.78. The molecule has 0 atom stereocenters. The predicted octanol–water partition coefficient (Wildman–Crippen LogP) is 1.35. The Kier molecular flexibility index (Phi) is 3.84. The number of nitrogens with zero attached hydrogens (tertiary/aromatic N) is 4. The summed E-state index contributed by atoms with van der Waals surface area (Å²) in [7, 11) is 0. The third-order valence-electron chi connectivity index (χ3n) is 2.55. The monoisotopic (exact) mass is 264 g/mol. The summed E-state index contributed by atoms with van der Waals surface area (Å²) in [6.45, 7) is 4.00. The maximum atomic E-state index is 13.0. The molecule has 0 N–H and O–H groups in total. The van der Waals surface area contributed by atoms with Crippen molar-refractivity contribution in [3.8, 4) is 0 Å². The van der Waals surface area contributed by atoms with Crippen LogP contribution in [-0.4, -0.2) is 32.6 Å². The highest BCUT2D eigenvalue weighted by molar-refractivity contribution is 5.88. The third-order valence-corrected chi connectivity index (χ3v) is 2.55. The maximum Gasteiger partial charge on any atom is 0.360 e. The molecule has 0 bridgehead atoms. The van der Waals surface area contributed by atoms with Gasteiger partial charge in [0.15, 0.2) is 5.69 Å². The number of ether oxygens (including phenoxy) is 1. The maximum absolute atomic E-state index is 13.0. The van der Waals surface area contributed by atoms with Crippen LogP contribution in [0, 0.1) is 12.7 Å². The van der Waals surface area contributed by atoms with Gasteiger partial charge < -0.3 is 4.74 Å². The minimum absolute atomic E-state index is 0.172. The van der Waals surface area contributed by atoms with Crippen LogP contribution in [0.5, 0.6) is 0 Å². The van der Waals surface area contributed by atoms with Crippen LogP contribution in [0.1, 0.15) is 28.7 Å². The van der Waals surface area contributed by atoms with E-state index in [0.29, 0.717) is 17.8 Å². The highest BCUT2D eigenvalue weighted by Gasteiger charge is 2.17. The van der Waals surface area contributed by atoms with E-state index in [1.165, 1.54) is 16.9 Å². The lowest BCUT2D eigenvalue weighted by Gasteiger charge is -2.03. The summed E-state index contributed by atoms with van der Waals surface area (Å²) in [6.07, 6.45) is 2.66. The standard InChI is InChI=1S/C12H13FN4O2/c1-3-19-12(18)11-8(2)17(16-15-11)7-9-4-10(13)6-14-5-9/h4-6H,3,7H2,1-2H3. The number of esters is 1. The van der Waals surface area contributed by atoms with Gasteiger partial charge in [0.2, 0.25) is 0 Å². The van der Waals surface area contributed by atoms with Gasteiger partial charge >= 0.3 is 5.97 Å². The van der Waals surface area contributed by atoms with Gasteiger partial charge in [0.05, 0.1) is 25.0 Å². The Balaban J connectivity index is 2.20. The van der Waals surface area contributed by atoms with E-state index >= 15 is 0 Å². The van der Waals surface area contributed by atoms with Crippen molar-refractivity contribution >= 4 is 5.97 Å². The largest absolute Gasteiger partial charge is 0.461 e. The van der Waals surface area contributed by atoms with Gasteiger partial charge in [0.25, 0.3) is 0 Å². The predicted molar refractivity (Wildman–Crippen MR) is 64.0 cm³/mol. The summed E-state index contributed by atoms with van der Waals surface area (Å²) in [5.41, 5.74) is 1.39. The van der Waals surface area contributed by atoms with E-state index in [9.17, 15) is 9.18 Å². The molecule has 0 unspecified atom stereocenters. The number of hydrogen-bond donors (Lipinski definition) is 0. The fourth-order valence-electron chi connectivity index (χ4n) is 1.61. The van der Waals surface area contributed by atoms with Crippen molar-refractivity contribution < 1.29 is 13.9 Å². The number of carbonyl (C=O) groups is 1. The fourth-order valence-corrected chi connectivity index (χ4v) is 1.61. The Labute approximate surface area is 109 Å². The van der Waals surface area contributed by atoms with Crippen LogP contribution in [0.15, 0.2) is 18.5 Å². The molecule has 2 rings (SSSR count). The van der Waals surface area contributed by atoms with Gasteiger partial charge in [-0.25, -0.2) is 13.9 Å². The van der Waals surface area contributed by atoms with Crippen LogP contribution in [0.2, 0.25) is 0 Å². The molecule has 0 aliphatic rings. The van der Waals surface area contributed by atoms with Crippen LogP contribution in [0.25, 0.3) is 0 Å². The molecule has 0 radical (unpaired) electrons. The molecule has 0 aliphatic heterocycles. The van der Waals surface area contributed by atoms with Gasteiger partial charge in [0, 0.05) is 6.20 Å². The molecule has 0 amide bonds. The smallest absolute Gasteiger partial charge is 0.360 e. The Morgan fingerprint density at radius 2 is 2.26 bits per heavy atom. The van der Waals surface area contributed by atoms with Crippen molar-refractivity contribution in [2.24, 2.45) is 0 Å². The summed E-state index contributed by atoms with van der Waals surface area (Å²) in [5.74, 6) is -0.926. The highest BCUT2D eigenvalue weighted by atomic mass is 19.1. The molecule has 0 aliphatic carbocycles. The van der Waals surface area contributed by atoms with Gasteiger partial charge in [-0.15, -0.1) is 5.10 Å². The zero-order valence-electron chi connectivity index (χ0n) is 10.6. The number of aromatic nitrogens is 4. The number of rotatable bonds is 4. The average molecular weight is 264 g/mol. The lowest BCUT2D eigenvalue weighted by atomic mass is 10.2. The van der Waals surface area contributed by atoms with Crippen LogP contribution in [0.4, 0.5) is 4.39 Å². The summed E-state index contributed by atoms with van der Waals surface area (Å²) in [6, 6.07) is 1.36. The van der Waals surface area contributed by atoms with Crippen LogP contribution >= 0.6 is 0 Å². The molecule has 0 saturated heterocycles. The van der Waals surface area contributed by atoms with Crippen molar-refractivity contribution in [1.82, 2.24) is 20.0 Å². The van der Waals surface area contributed by atoms with Crippen molar-refractivity contribution in [3.05, 3.63) is 41.2 Å². The van der Waals surface area contributed by atoms with Gasteiger partial charge in [-0.1, -0.05) is 5.21 Å². The molecule has 0 aromatic carbocycles. The lowest BCUT2D eigenvalue weighted by Crippen LogP contribution is -2.09. The molecule has 2 aromatic rings. The molecule has 0 spiro atoms. The van der Waals surface area contributed by atoms with Crippen LogP contribution in [0.3, 0.4) is 0 Å². The van der Waals surface area contributed by atoms with Crippen LogP contribution < -0.4 is 0 Å². The summed E-state index contributed by atoms with van der Waals surface area (Å²) < 4.78 is 19.4. The summed E-state index contributed by atoms with van der Waals surface area (Å²) in [5, 5.41) is 7.64. The van der Waals surface area contributed by atoms with Gasteiger partial charge in [-0.05, 0) is 25.5 Å². The van der Waals surface area contributed by atoms with Crippen molar-refractivity contribution in [3.63, 3.8) is 0 Å². The van der Waals surface area contributed by atoms with E-state index in [1.807, 2.05) is 0 Å². The number of halogens is 1. The minimum Gasteiger partial charge on any atom is -0.461 e. The van der Waals surface area contributed by atoms with E-state index in [-0.39, 0.29) is 12.3 Å². The quantitative estimate of drug-likeness (QED) is 0.779. The second-order valence-electron chi connectivity index (χ2n) is 3.91. The Hall–Kier alpha value is -2.31. The molecular formula is C12H13FN4O2. The van der Waals surface area contributed by atoms with Crippen molar-refractivity contribution in [2.75, 3.05) is 6.61 Å². The first-order valence-electron chi connectivity index (χ1n) is 5.78. The molecule has 0 saturated carbocycles. The Morgan fingerprint density at radius 1 is 1.47 bits per heavy atom. The first-order chi connectivity index (χ1) is 9.11. The highest BCUT2D eigenvalue weighted by Crippen LogP contribution is 2.09. The number of hydrogen-bond acceptors (Lipinski definition) is 5. The lowest BCUT2D eigenvalue weighted by molar-refractivity contribution is 0.0518. The Morgan fingerprint density at radius 3 is 2.95 bits per heavy atom. The first kappa shape index (κ1) is 13.1. The van der Waals surface area contributed by atoms with Crippen molar-refractivity contribution in [2.45, 2.75) is 20.4 Å². The molecule has 100 valence electrons. The molecule has 19 heavy (non-hydrogen) atoms. The van der Waals surface area contributed by atoms with Crippen molar-refractivity contribution in [1.29, 1.82) is 0 Å². The summed E-state index contributed by atoms with van der Waals surface area (Å²) in [4.78, 5) is 15.3. The zero-order valence-corrected chi connectivity index (χ0v) is 10.6. The minimum atomic E-state index is -0.511. The fraction of sp³-hybridized carbons (Fsp3) is 0.333. The van der Waals surface area contributed by atoms with E-state index in [1.54, 1.807) is 13.8 Å². The molecule has 7 heteroatoms. The molecule has 6 nitrogen and oxygen atoms in total. The van der Waals surface area contributed by atoms with E-state index in [0.717, 1.165) is 6.20 Å². The van der Waals surface area contributed by atoms with Gasteiger partial charge in [0.1, 0.15) is 5.82 Å². The van der Waals surface area contributed by atoms with Gasteiger partial charge in [-0.2, -0.15) is 0 Å². The normalized spacial score (nSPS) is 10.5. The Bertz CT molecular complexity index is 597. The number of carbonyl (C=O) groups excluding carboxylic acids is 1. The second-order valence-corrected chi connectivity index (χ2v) is 3.91. The average Bonchev–Trinajstić information content (AvgIpc) is 2.71. The molecular weight excluding hydrogens is 251 g/mol. The number of pyridine rings is 1. The molecule has 2 heterocycles. The molecule has 0 fully saturated rings. The van der Waals surface area contributed by atoms with Gasteiger partial charge in [-0.3, -0.25) is 4.98 Å². The zero-order chi connectivity index (χ0) is 13.8. The second kappa shape index (κ2) is 5.55. The van der Waals surface area contributed by atoms with E-state index in [4.69, 9.17) is 4.74 Å². The van der Waals surface area contributed by atoms with E-state index in [2.05, 4.69) is 15.3 Å². The molecule has 2 aromatic heterocycles. The topological polar surface area (TPSA) is 69.9 Å². The van der Waals surface area contributed by atoms with E-state index < -0.39 is 11.8 Å². The third kappa shape index (κ3) is 2.93.